The summed E-state index contributed by atoms with van der Waals surface area (Å²) in [6.45, 7) is 2.90. The number of fused-ring (bicyclic) bond motifs is 2. The van der Waals surface area contributed by atoms with Crippen molar-refractivity contribution in [3.05, 3.63) is 42.4 Å². The van der Waals surface area contributed by atoms with Crippen molar-refractivity contribution in [1.82, 2.24) is 24.6 Å². The Balaban J connectivity index is 1.10. The van der Waals surface area contributed by atoms with Crippen molar-refractivity contribution in [1.29, 1.82) is 0 Å². The summed E-state index contributed by atoms with van der Waals surface area (Å²) in [7, 11) is 0. The minimum absolute atomic E-state index is 0.0242. The predicted molar refractivity (Wildman–Crippen MR) is 128 cm³/mol. The third-order valence-electron chi connectivity index (χ3n) is 8.77. The number of piperidine rings is 1. The van der Waals surface area contributed by atoms with Crippen molar-refractivity contribution in [2.45, 2.75) is 50.4 Å². The molecule has 3 aromatic rings. The van der Waals surface area contributed by atoms with Gasteiger partial charge in [0.25, 0.3) is 0 Å². The molecule has 4 heterocycles. The van der Waals surface area contributed by atoms with Crippen LogP contribution in [0.25, 0.3) is 21.9 Å². The van der Waals surface area contributed by atoms with E-state index < -0.39 is 0 Å². The molecule has 1 aromatic carbocycles. The first-order chi connectivity index (χ1) is 16.7. The Labute approximate surface area is 197 Å². The molecule has 3 fully saturated rings. The van der Waals surface area contributed by atoms with E-state index in [1.807, 2.05) is 23.1 Å². The molecule has 7 nitrogen and oxygen atoms in total. The molecule has 34 heavy (non-hydrogen) atoms. The average Bonchev–Trinajstić information content (AvgIpc) is 3.13. The fourth-order valence-electron chi connectivity index (χ4n) is 6.92. The molecule has 176 valence electrons. The quantitative estimate of drug-likeness (QED) is 0.571. The third kappa shape index (κ3) is 3.04. The van der Waals surface area contributed by atoms with E-state index >= 15 is 0 Å². The number of nitrogens with one attached hydrogen (secondary N) is 1. The van der Waals surface area contributed by atoms with E-state index in [9.17, 15) is 9.18 Å². The van der Waals surface area contributed by atoms with Crippen molar-refractivity contribution >= 4 is 22.5 Å². The fourth-order valence-corrected chi connectivity index (χ4v) is 6.92. The van der Waals surface area contributed by atoms with E-state index in [2.05, 4.69) is 43.4 Å². The number of hydrogen-bond donors (Lipinski definition) is 1. The highest BCUT2D eigenvalue weighted by atomic mass is 19.1. The van der Waals surface area contributed by atoms with Crippen LogP contribution < -0.4 is 5.32 Å². The molecule has 1 spiro atoms. The number of carbonyl (C=O) groups is 1. The summed E-state index contributed by atoms with van der Waals surface area (Å²) in [5, 5.41) is 9.64. The van der Waals surface area contributed by atoms with Gasteiger partial charge in [-0.25, -0.2) is 9.37 Å². The van der Waals surface area contributed by atoms with E-state index in [4.69, 9.17) is 0 Å². The SMILES string of the molecule is O=C(CN1C2CCC3CCC321)Nc1cc2cc(-c3cnn4c3CN(CCF)CC4)ccc2cn1. The monoisotopic (exact) mass is 460 g/mol. The first-order valence-corrected chi connectivity index (χ1v) is 12.5. The lowest BCUT2D eigenvalue weighted by atomic mass is 9.74. The third-order valence-corrected chi connectivity index (χ3v) is 8.77. The van der Waals surface area contributed by atoms with Gasteiger partial charge < -0.3 is 5.32 Å². The van der Waals surface area contributed by atoms with Gasteiger partial charge in [0, 0.05) is 48.4 Å². The standard InChI is InChI=1S/C26H29FN6O/c27-7-8-31-9-10-33-22(15-31)21(14-29-33)17-1-2-18-13-28-24(12-19(18)11-17)30-25(34)16-32-23-4-3-20-5-6-26(20,23)32/h1-2,11-14,20,23H,3-10,15-16H2,(H,28,30,34). The molecule has 7 rings (SSSR count). The first kappa shape index (κ1) is 20.5. The van der Waals surface area contributed by atoms with Crippen LogP contribution in [0.5, 0.6) is 0 Å². The van der Waals surface area contributed by atoms with Crippen LogP contribution in [-0.2, 0) is 17.9 Å². The van der Waals surface area contributed by atoms with E-state index in [0.29, 0.717) is 37.0 Å². The summed E-state index contributed by atoms with van der Waals surface area (Å²) in [5.41, 5.74) is 3.65. The molecule has 4 aliphatic rings. The molecule has 2 aliphatic heterocycles. The number of alkyl halides is 1. The maximum absolute atomic E-state index is 12.9. The van der Waals surface area contributed by atoms with Crippen LogP contribution in [0, 0.1) is 5.92 Å². The van der Waals surface area contributed by atoms with Crippen LogP contribution in [0.2, 0.25) is 0 Å². The number of pyridine rings is 1. The molecule has 0 bridgehead atoms. The number of rotatable bonds is 6. The number of nitrogens with zero attached hydrogens (tertiary/aromatic N) is 5. The Hall–Kier alpha value is -2.84. The molecule has 8 heteroatoms. The second-order valence-corrected chi connectivity index (χ2v) is 10.3. The maximum atomic E-state index is 12.9. The molecule has 1 N–H and O–H groups in total. The van der Waals surface area contributed by atoms with Crippen LogP contribution in [0.3, 0.4) is 0 Å². The van der Waals surface area contributed by atoms with E-state index in [1.54, 1.807) is 0 Å². The van der Waals surface area contributed by atoms with Crippen LogP contribution in [0.4, 0.5) is 10.2 Å². The predicted octanol–water partition coefficient (Wildman–Crippen LogP) is 3.45. The molecule has 0 radical (unpaired) electrons. The largest absolute Gasteiger partial charge is 0.310 e. The maximum Gasteiger partial charge on any atom is 0.239 e. The Kier molecular flexibility index (Phi) is 4.58. The van der Waals surface area contributed by atoms with Gasteiger partial charge >= 0.3 is 0 Å². The Bertz CT molecular complexity index is 1290. The minimum Gasteiger partial charge on any atom is -0.310 e. The van der Waals surface area contributed by atoms with Gasteiger partial charge in [0.2, 0.25) is 5.91 Å². The average molecular weight is 461 g/mol. The van der Waals surface area contributed by atoms with Gasteiger partial charge in [-0.3, -0.25) is 19.3 Å². The van der Waals surface area contributed by atoms with Crippen molar-refractivity contribution in [3.8, 4) is 11.1 Å². The van der Waals surface area contributed by atoms with Gasteiger partial charge in [0.1, 0.15) is 12.5 Å². The van der Waals surface area contributed by atoms with Gasteiger partial charge in [-0.2, -0.15) is 5.10 Å². The number of carbonyl (C=O) groups excluding carboxylic acids is 1. The number of halogens is 1. The summed E-state index contributed by atoms with van der Waals surface area (Å²) in [4.78, 5) is 21.8. The number of hydrogen-bond acceptors (Lipinski definition) is 5. The highest BCUT2D eigenvalue weighted by Gasteiger charge is 2.73. The van der Waals surface area contributed by atoms with Gasteiger partial charge in [-0.05, 0) is 54.7 Å². The number of amides is 1. The van der Waals surface area contributed by atoms with Gasteiger partial charge in [0.05, 0.1) is 25.0 Å². The molecule has 4 unspecified atom stereocenters. The van der Waals surface area contributed by atoms with Crippen LogP contribution in [-0.4, -0.2) is 68.4 Å². The number of benzene rings is 1. The van der Waals surface area contributed by atoms with Crippen LogP contribution in [0.15, 0.2) is 36.7 Å². The molecule has 2 aromatic heterocycles. The second kappa shape index (κ2) is 7.58. The van der Waals surface area contributed by atoms with Crippen molar-refractivity contribution < 1.29 is 9.18 Å². The topological polar surface area (TPSA) is 66.1 Å². The minimum atomic E-state index is -0.332. The fraction of sp³-hybridized carbons (Fsp3) is 0.500. The lowest BCUT2D eigenvalue weighted by Gasteiger charge is -2.35. The van der Waals surface area contributed by atoms with Crippen molar-refractivity contribution in [2.24, 2.45) is 5.92 Å². The zero-order valence-corrected chi connectivity index (χ0v) is 19.2. The van der Waals surface area contributed by atoms with Gasteiger partial charge in [-0.1, -0.05) is 12.1 Å². The summed E-state index contributed by atoms with van der Waals surface area (Å²) in [6, 6.07) is 8.86. The lowest BCUT2D eigenvalue weighted by molar-refractivity contribution is -0.117. The highest BCUT2D eigenvalue weighted by molar-refractivity contribution is 5.95. The molecular formula is C26H29FN6O. The Morgan fingerprint density at radius 3 is 2.91 bits per heavy atom. The van der Waals surface area contributed by atoms with Crippen molar-refractivity contribution in [3.63, 3.8) is 0 Å². The first-order valence-electron chi connectivity index (χ1n) is 12.5. The molecule has 2 saturated carbocycles. The Morgan fingerprint density at radius 2 is 2.09 bits per heavy atom. The second-order valence-electron chi connectivity index (χ2n) is 10.3. The van der Waals surface area contributed by atoms with Gasteiger partial charge in [-0.15, -0.1) is 0 Å². The normalized spacial score (nSPS) is 29.3. The molecule has 2 aliphatic carbocycles. The van der Waals surface area contributed by atoms with Crippen LogP contribution in [0.1, 0.15) is 31.4 Å². The van der Waals surface area contributed by atoms with E-state index in [-0.39, 0.29) is 12.6 Å². The molecule has 1 saturated heterocycles. The number of aromatic nitrogens is 3. The molecular weight excluding hydrogens is 431 g/mol. The highest BCUT2D eigenvalue weighted by Crippen LogP contribution is 2.66. The van der Waals surface area contributed by atoms with Crippen molar-refractivity contribution in [2.75, 3.05) is 31.6 Å². The number of likely N-dealkylation sites (tertiary alicyclic amines) is 1. The summed E-state index contributed by atoms with van der Waals surface area (Å²) in [5.74, 6) is 1.44. The lowest BCUT2D eigenvalue weighted by Crippen LogP contribution is -2.39. The van der Waals surface area contributed by atoms with E-state index in [0.717, 1.165) is 46.6 Å². The summed E-state index contributed by atoms with van der Waals surface area (Å²) < 4.78 is 14.9. The summed E-state index contributed by atoms with van der Waals surface area (Å²) in [6.07, 6.45) is 8.91. The molecule has 4 atom stereocenters. The zero-order chi connectivity index (χ0) is 22.9. The summed E-state index contributed by atoms with van der Waals surface area (Å²) >= 11 is 0. The Morgan fingerprint density at radius 1 is 1.15 bits per heavy atom. The smallest absolute Gasteiger partial charge is 0.239 e. The van der Waals surface area contributed by atoms with Gasteiger partial charge in [0.15, 0.2) is 0 Å². The molecule has 1 amide bonds. The van der Waals surface area contributed by atoms with Crippen LogP contribution >= 0.6 is 0 Å². The van der Waals surface area contributed by atoms with E-state index in [1.165, 1.54) is 25.7 Å². The zero-order valence-electron chi connectivity index (χ0n) is 19.2. The number of anilines is 1.